The number of nitrogens with one attached hydrogen (secondary N) is 1. The van der Waals surface area contributed by atoms with Gasteiger partial charge in [-0.1, -0.05) is 29.3 Å². The van der Waals surface area contributed by atoms with Gasteiger partial charge in [0.15, 0.2) is 0 Å². The first-order valence-corrected chi connectivity index (χ1v) is 7.72. The van der Waals surface area contributed by atoms with Crippen LogP contribution in [0.5, 0.6) is 0 Å². The summed E-state index contributed by atoms with van der Waals surface area (Å²) in [6.07, 6.45) is 2.82. The molecular weight excluding hydrogens is 345 g/mol. The van der Waals surface area contributed by atoms with Crippen LogP contribution in [-0.4, -0.2) is 17.0 Å². The minimum atomic E-state index is -1.08. The lowest BCUT2D eigenvalue weighted by atomic mass is 10.2. The molecule has 0 atom stereocenters. The zero-order chi connectivity index (χ0) is 16.3. The summed E-state index contributed by atoms with van der Waals surface area (Å²) in [4.78, 5) is 23.8. The third-order valence-electron chi connectivity index (χ3n) is 2.70. The Morgan fingerprint density at radius 3 is 2.64 bits per heavy atom. The second-order valence-corrected chi connectivity index (χ2v) is 6.49. The van der Waals surface area contributed by atoms with Crippen LogP contribution in [0.3, 0.4) is 0 Å². The van der Waals surface area contributed by atoms with Crippen molar-refractivity contribution in [3.05, 3.63) is 56.4 Å². The lowest BCUT2D eigenvalue weighted by Gasteiger charge is -2.01. The van der Waals surface area contributed by atoms with Crippen molar-refractivity contribution in [2.45, 2.75) is 6.92 Å². The Morgan fingerprint density at radius 1 is 1.27 bits per heavy atom. The van der Waals surface area contributed by atoms with Gasteiger partial charge in [-0.05, 0) is 36.8 Å². The van der Waals surface area contributed by atoms with Crippen LogP contribution in [-0.2, 0) is 4.79 Å². The average molecular weight is 356 g/mol. The molecule has 2 rings (SSSR count). The largest absolute Gasteiger partial charge is 0.478 e. The van der Waals surface area contributed by atoms with Crippen LogP contribution in [0.25, 0.3) is 6.08 Å². The molecule has 22 heavy (non-hydrogen) atoms. The number of carboxylic acids is 1. The Morgan fingerprint density at radius 2 is 2.00 bits per heavy atom. The molecule has 2 N–H and O–H groups in total. The van der Waals surface area contributed by atoms with Crippen molar-refractivity contribution in [3.8, 4) is 0 Å². The Labute approximate surface area is 141 Å². The molecule has 7 heteroatoms. The first-order valence-electron chi connectivity index (χ1n) is 6.14. The van der Waals surface area contributed by atoms with Gasteiger partial charge in [0.1, 0.15) is 5.00 Å². The zero-order valence-corrected chi connectivity index (χ0v) is 13.7. The summed E-state index contributed by atoms with van der Waals surface area (Å²) in [5.41, 5.74) is 0.718. The third kappa shape index (κ3) is 4.10. The Hall–Kier alpha value is -1.82. The van der Waals surface area contributed by atoms with Crippen LogP contribution in [0, 0.1) is 6.92 Å². The Bertz CT molecular complexity index is 768. The molecule has 1 amide bonds. The van der Waals surface area contributed by atoms with Crippen molar-refractivity contribution in [2.24, 2.45) is 0 Å². The number of aromatic carboxylic acids is 1. The van der Waals surface area contributed by atoms with Crippen LogP contribution in [0.2, 0.25) is 10.0 Å². The second-order valence-electron chi connectivity index (χ2n) is 4.39. The minimum absolute atomic E-state index is 0.0776. The van der Waals surface area contributed by atoms with Gasteiger partial charge in [0.2, 0.25) is 5.91 Å². The number of thiophene rings is 1. The van der Waals surface area contributed by atoms with E-state index in [-0.39, 0.29) is 5.56 Å². The molecule has 0 radical (unpaired) electrons. The summed E-state index contributed by atoms with van der Waals surface area (Å²) in [6, 6.07) is 6.44. The van der Waals surface area contributed by atoms with Gasteiger partial charge in [0.25, 0.3) is 0 Å². The highest BCUT2D eigenvalue weighted by Crippen LogP contribution is 2.27. The number of carbonyl (C=O) groups excluding carboxylic acids is 1. The first kappa shape index (κ1) is 16.5. The number of aryl methyl sites for hydroxylation is 1. The Kier molecular flexibility index (Phi) is 5.24. The van der Waals surface area contributed by atoms with E-state index in [0.717, 1.165) is 4.88 Å². The topological polar surface area (TPSA) is 66.4 Å². The van der Waals surface area contributed by atoms with E-state index in [1.807, 2.05) is 0 Å². The van der Waals surface area contributed by atoms with Gasteiger partial charge in [-0.25, -0.2) is 4.79 Å². The fourth-order valence-electron chi connectivity index (χ4n) is 1.72. The highest BCUT2D eigenvalue weighted by atomic mass is 35.5. The van der Waals surface area contributed by atoms with Crippen LogP contribution in [0.15, 0.2) is 30.3 Å². The summed E-state index contributed by atoms with van der Waals surface area (Å²) in [6.45, 7) is 1.77. The smallest absolute Gasteiger partial charge is 0.338 e. The first-order chi connectivity index (χ1) is 10.4. The molecule has 0 aliphatic heterocycles. The Balaban J connectivity index is 2.13. The normalized spacial score (nSPS) is 10.9. The number of hydrogen-bond acceptors (Lipinski definition) is 3. The van der Waals surface area contributed by atoms with Gasteiger partial charge in [-0.15, -0.1) is 11.3 Å². The molecule has 0 spiro atoms. The van der Waals surface area contributed by atoms with E-state index in [2.05, 4.69) is 5.32 Å². The van der Waals surface area contributed by atoms with Crippen LogP contribution in [0.4, 0.5) is 5.00 Å². The van der Waals surface area contributed by atoms with E-state index in [1.165, 1.54) is 29.6 Å². The van der Waals surface area contributed by atoms with Crippen LogP contribution >= 0.6 is 34.5 Å². The van der Waals surface area contributed by atoms with Crippen molar-refractivity contribution in [1.82, 2.24) is 0 Å². The van der Waals surface area contributed by atoms with Gasteiger partial charge < -0.3 is 10.4 Å². The monoisotopic (exact) mass is 355 g/mol. The molecular formula is C15H11Cl2NO3S. The second kappa shape index (κ2) is 6.96. The van der Waals surface area contributed by atoms with Crippen LogP contribution < -0.4 is 5.32 Å². The number of hydrogen-bond donors (Lipinski definition) is 2. The van der Waals surface area contributed by atoms with E-state index >= 15 is 0 Å². The van der Waals surface area contributed by atoms with Gasteiger partial charge in [0, 0.05) is 21.0 Å². The summed E-state index contributed by atoms with van der Waals surface area (Å²) in [7, 11) is 0. The number of carbonyl (C=O) groups is 2. The standard InChI is InChI=1S/C15H11Cl2NO3S/c1-8-6-11(15(20)21)14(22-8)18-13(19)5-3-9-2-4-10(16)7-12(9)17/h2-7H,1H3,(H,18,19)(H,20,21)/b5-3+. The lowest BCUT2D eigenvalue weighted by molar-refractivity contribution is -0.111. The van der Waals surface area contributed by atoms with Gasteiger partial charge >= 0.3 is 5.97 Å². The highest BCUT2D eigenvalue weighted by Gasteiger charge is 2.14. The molecule has 0 saturated carbocycles. The lowest BCUT2D eigenvalue weighted by Crippen LogP contribution is -2.09. The predicted molar refractivity (Wildman–Crippen MR) is 90.1 cm³/mol. The highest BCUT2D eigenvalue weighted by molar-refractivity contribution is 7.16. The predicted octanol–water partition coefficient (Wildman–Crippen LogP) is 4.71. The molecule has 1 aromatic carbocycles. The fraction of sp³-hybridized carbons (Fsp3) is 0.0667. The van der Waals surface area contributed by atoms with Crippen molar-refractivity contribution >= 4 is 57.5 Å². The zero-order valence-electron chi connectivity index (χ0n) is 11.4. The maximum atomic E-state index is 11.9. The maximum Gasteiger partial charge on any atom is 0.338 e. The molecule has 0 bridgehead atoms. The molecule has 0 fully saturated rings. The minimum Gasteiger partial charge on any atom is -0.478 e. The quantitative estimate of drug-likeness (QED) is 0.780. The SMILES string of the molecule is Cc1cc(C(=O)O)c(NC(=O)/C=C/c2ccc(Cl)cc2Cl)s1. The average Bonchev–Trinajstić information content (AvgIpc) is 2.78. The fourth-order valence-corrected chi connectivity index (χ4v) is 3.10. The number of amides is 1. The van der Waals surface area contributed by atoms with Crippen LogP contribution in [0.1, 0.15) is 20.8 Å². The van der Waals surface area contributed by atoms with Crippen molar-refractivity contribution in [1.29, 1.82) is 0 Å². The van der Waals surface area contributed by atoms with Gasteiger partial charge in [-0.3, -0.25) is 4.79 Å². The van der Waals surface area contributed by atoms with E-state index < -0.39 is 11.9 Å². The number of carboxylic acid groups (broad SMARTS) is 1. The summed E-state index contributed by atoms with van der Waals surface area (Å²) >= 11 is 13.0. The molecule has 0 aliphatic carbocycles. The molecule has 0 unspecified atom stereocenters. The molecule has 114 valence electrons. The molecule has 1 aromatic heterocycles. The van der Waals surface area contributed by atoms with E-state index in [4.69, 9.17) is 28.3 Å². The number of anilines is 1. The summed E-state index contributed by atoms with van der Waals surface area (Å²) in [5, 5.41) is 12.9. The van der Waals surface area contributed by atoms with E-state index in [9.17, 15) is 9.59 Å². The summed E-state index contributed by atoms with van der Waals surface area (Å²) in [5.74, 6) is -1.51. The molecule has 4 nitrogen and oxygen atoms in total. The number of benzene rings is 1. The van der Waals surface area contributed by atoms with Crippen molar-refractivity contribution < 1.29 is 14.7 Å². The van der Waals surface area contributed by atoms with Crippen molar-refractivity contribution in [3.63, 3.8) is 0 Å². The van der Waals surface area contributed by atoms with Gasteiger partial charge in [-0.2, -0.15) is 0 Å². The van der Waals surface area contributed by atoms with Crippen molar-refractivity contribution in [2.75, 3.05) is 5.32 Å². The number of halogens is 2. The molecule has 0 saturated heterocycles. The van der Waals surface area contributed by atoms with E-state index in [1.54, 1.807) is 25.1 Å². The third-order valence-corrected chi connectivity index (χ3v) is 4.23. The molecule has 0 aliphatic rings. The molecule has 2 aromatic rings. The van der Waals surface area contributed by atoms with E-state index in [0.29, 0.717) is 20.6 Å². The summed E-state index contributed by atoms with van der Waals surface area (Å²) < 4.78 is 0. The number of rotatable bonds is 4. The maximum absolute atomic E-state index is 11.9. The molecule has 1 heterocycles. The van der Waals surface area contributed by atoms with Gasteiger partial charge in [0.05, 0.1) is 5.56 Å².